The summed E-state index contributed by atoms with van der Waals surface area (Å²) >= 11 is 6.01. The molecule has 0 bridgehead atoms. The third-order valence-electron chi connectivity index (χ3n) is 3.66. The molecule has 1 aromatic rings. The number of aromatic nitrogens is 1. The van der Waals surface area contributed by atoms with Crippen LogP contribution in [0.2, 0.25) is 5.15 Å². The minimum Gasteiger partial charge on any atom is -0.339 e. The molecule has 0 aromatic carbocycles. The van der Waals surface area contributed by atoms with Crippen LogP contribution in [0.25, 0.3) is 0 Å². The van der Waals surface area contributed by atoms with Gasteiger partial charge in [-0.15, -0.1) is 0 Å². The molecule has 0 N–H and O–H groups in total. The monoisotopic (exact) mass is 309 g/mol. The zero-order chi connectivity index (χ0) is 15.6. The van der Waals surface area contributed by atoms with Crippen molar-refractivity contribution in [2.45, 2.75) is 26.7 Å². The molecule has 0 spiro atoms. The van der Waals surface area contributed by atoms with Crippen molar-refractivity contribution in [2.75, 3.05) is 26.2 Å². The molecule has 1 saturated heterocycles. The summed E-state index contributed by atoms with van der Waals surface area (Å²) in [6, 6.07) is 3.41. The number of hydrogen-bond donors (Lipinski definition) is 0. The molecule has 21 heavy (non-hydrogen) atoms. The van der Waals surface area contributed by atoms with Crippen molar-refractivity contribution in [3.8, 4) is 0 Å². The molecule has 0 atom stereocenters. The van der Waals surface area contributed by atoms with E-state index in [4.69, 9.17) is 11.6 Å². The van der Waals surface area contributed by atoms with Crippen molar-refractivity contribution in [2.24, 2.45) is 0 Å². The second-order valence-electron chi connectivity index (χ2n) is 5.56. The van der Waals surface area contributed by atoms with Crippen LogP contribution in [-0.2, 0) is 4.79 Å². The van der Waals surface area contributed by atoms with Crippen LogP contribution in [0, 0.1) is 0 Å². The van der Waals surface area contributed by atoms with Gasteiger partial charge in [0.1, 0.15) is 5.15 Å². The Morgan fingerprint density at radius 2 is 1.71 bits per heavy atom. The fourth-order valence-electron chi connectivity index (χ4n) is 2.34. The summed E-state index contributed by atoms with van der Waals surface area (Å²) in [7, 11) is 0. The lowest BCUT2D eigenvalue weighted by molar-refractivity contribution is -0.130. The van der Waals surface area contributed by atoms with Gasteiger partial charge in [0.2, 0.25) is 5.91 Å². The summed E-state index contributed by atoms with van der Waals surface area (Å²) in [4.78, 5) is 31.6. The molecule has 0 radical (unpaired) electrons. The number of pyridine rings is 1. The third-order valence-corrected chi connectivity index (χ3v) is 3.86. The third kappa shape index (κ3) is 3.73. The Bertz CT molecular complexity index is 552. The highest BCUT2D eigenvalue weighted by Gasteiger charge is 2.24. The van der Waals surface area contributed by atoms with Gasteiger partial charge < -0.3 is 9.80 Å². The predicted octanol–water partition coefficient (Wildman–Crippen LogP) is 2.16. The second kappa shape index (κ2) is 6.43. The van der Waals surface area contributed by atoms with E-state index in [1.165, 1.54) is 0 Å². The Morgan fingerprint density at radius 1 is 1.14 bits per heavy atom. The lowest BCUT2D eigenvalue weighted by atomic mass is 10.1. The van der Waals surface area contributed by atoms with Crippen LogP contribution in [0.1, 0.15) is 42.7 Å². The first-order valence-corrected chi connectivity index (χ1v) is 7.48. The van der Waals surface area contributed by atoms with Crippen molar-refractivity contribution >= 4 is 23.4 Å². The average molecular weight is 310 g/mol. The van der Waals surface area contributed by atoms with E-state index in [-0.39, 0.29) is 17.7 Å². The molecule has 0 saturated carbocycles. The lowest BCUT2D eigenvalue weighted by Crippen LogP contribution is -2.50. The van der Waals surface area contributed by atoms with Crippen molar-refractivity contribution in [3.05, 3.63) is 28.5 Å². The summed E-state index contributed by atoms with van der Waals surface area (Å²) in [5.41, 5.74) is 1.38. The van der Waals surface area contributed by atoms with Crippen molar-refractivity contribution in [1.29, 1.82) is 0 Å². The van der Waals surface area contributed by atoms with Gasteiger partial charge in [0, 0.05) is 44.4 Å². The van der Waals surface area contributed by atoms with Gasteiger partial charge in [-0.1, -0.05) is 25.4 Å². The number of amides is 2. The predicted molar refractivity (Wildman–Crippen MR) is 81.5 cm³/mol. The minimum absolute atomic E-state index is 0.0515. The molecule has 5 nitrogen and oxygen atoms in total. The van der Waals surface area contributed by atoms with Crippen molar-refractivity contribution in [1.82, 2.24) is 14.8 Å². The van der Waals surface area contributed by atoms with E-state index in [0.29, 0.717) is 36.9 Å². The quantitative estimate of drug-likeness (QED) is 0.787. The fourth-order valence-corrected chi connectivity index (χ4v) is 2.56. The largest absolute Gasteiger partial charge is 0.339 e. The van der Waals surface area contributed by atoms with Gasteiger partial charge in [-0.3, -0.25) is 9.59 Å². The number of piperazine rings is 1. The molecule has 1 fully saturated rings. The van der Waals surface area contributed by atoms with Crippen LogP contribution in [0.5, 0.6) is 0 Å². The molecule has 0 aliphatic carbocycles. The van der Waals surface area contributed by atoms with Gasteiger partial charge in [0.05, 0.1) is 0 Å². The Labute approximate surface area is 129 Å². The van der Waals surface area contributed by atoms with E-state index in [0.717, 1.165) is 5.69 Å². The topological polar surface area (TPSA) is 53.5 Å². The molecule has 114 valence electrons. The summed E-state index contributed by atoms with van der Waals surface area (Å²) in [6.07, 6.45) is 0. The van der Waals surface area contributed by atoms with Crippen LogP contribution >= 0.6 is 11.6 Å². The van der Waals surface area contributed by atoms with Gasteiger partial charge >= 0.3 is 0 Å². The van der Waals surface area contributed by atoms with Gasteiger partial charge in [-0.05, 0) is 18.1 Å². The molecule has 2 amide bonds. The number of carbonyl (C=O) groups is 2. The van der Waals surface area contributed by atoms with Crippen molar-refractivity contribution in [3.63, 3.8) is 0 Å². The molecular formula is C15H20ClN3O2. The molecule has 1 aromatic heterocycles. The van der Waals surface area contributed by atoms with Crippen LogP contribution in [0.4, 0.5) is 0 Å². The first-order chi connectivity index (χ1) is 9.88. The Balaban J connectivity index is 2.12. The van der Waals surface area contributed by atoms with E-state index >= 15 is 0 Å². The lowest BCUT2D eigenvalue weighted by Gasteiger charge is -2.34. The molecule has 1 aliphatic heterocycles. The maximum atomic E-state index is 12.5. The van der Waals surface area contributed by atoms with Crippen molar-refractivity contribution < 1.29 is 9.59 Å². The smallest absolute Gasteiger partial charge is 0.254 e. The summed E-state index contributed by atoms with van der Waals surface area (Å²) in [5.74, 6) is 0.213. The zero-order valence-corrected chi connectivity index (χ0v) is 13.4. The summed E-state index contributed by atoms with van der Waals surface area (Å²) < 4.78 is 0. The maximum Gasteiger partial charge on any atom is 0.254 e. The van der Waals surface area contributed by atoms with Crippen LogP contribution in [0.15, 0.2) is 12.1 Å². The number of halogens is 1. The summed E-state index contributed by atoms with van der Waals surface area (Å²) in [5, 5.41) is 0.340. The Morgan fingerprint density at radius 3 is 2.24 bits per heavy atom. The van der Waals surface area contributed by atoms with Gasteiger partial charge in [0.25, 0.3) is 5.91 Å². The normalized spacial score (nSPS) is 15.5. The fraction of sp³-hybridized carbons (Fsp3) is 0.533. The van der Waals surface area contributed by atoms with E-state index in [1.54, 1.807) is 28.9 Å². The minimum atomic E-state index is -0.0515. The number of nitrogens with zero attached hydrogens (tertiary/aromatic N) is 3. The molecule has 2 rings (SSSR count). The van der Waals surface area contributed by atoms with Gasteiger partial charge in [0.15, 0.2) is 0 Å². The maximum absolute atomic E-state index is 12.5. The Kier molecular flexibility index (Phi) is 4.83. The molecule has 0 unspecified atom stereocenters. The van der Waals surface area contributed by atoms with E-state index in [2.05, 4.69) is 4.98 Å². The van der Waals surface area contributed by atoms with Crippen LogP contribution in [0.3, 0.4) is 0 Å². The highest BCUT2D eigenvalue weighted by molar-refractivity contribution is 6.29. The van der Waals surface area contributed by atoms with Gasteiger partial charge in [-0.2, -0.15) is 0 Å². The number of hydrogen-bond acceptors (Lipinski definition) is 3. The standard InChI is InChI=1S/C15H20ClN3O2/c1-10(2)13-8-12(9-14(16)17-13)15(21)19-6-4-18(5-7-19)11(3)20/h8-10H,4-7H2,1-3H3. The molecule has 6 heteroatoms. The van der Waals surface area contributed by atoms with Crippen LogP contribution in [-0.4, -0.2) is 52.8 Å². The number of rotatable bonds is 2. The SMILES string of the molecule is CC(=O)N1CCN(C(=O)c2cc(Cl)nc(C(C)C)c2)CC1. The average Bonchev–Trinajstić information content (AvgIpc) is 2.45. The molecule has 1 aliphatic rings. The molecular weight excluding hydrogens is 290 g/mol. The van der Waals surface area contributed by atoms with E-state index in [1.807, 2.05) is 13.8 Å². The highest BCUT2D eigenvalue weighted by atomic mass is 35.5. The Hall–Kier alpha value is -1.62. The summed E-state index contributed by atoms with van der Waals surface area (Å²) in [6.45, 7) is 7.84. The first-order valence-electron chi connectivity index (χ1n) is 7.10. The van der Waals surface area contributed by atoms with E-state index in [9.17, 15) is 9.59 Å². The van der Waals surface area contributed by atoms with Crippen LogP contribution < -0.4 is 0 Å². The second-order valence-corrected chi connectivity index (χ2v) is 5.94. The van der Waals surface area contributed by atoms with E-state index < -0.39 is 0 Å². The number of carbonyl (C=O) groups excluding carboxylic acids is 2. The zero-order valence-electron chi connectivity index (χ0n) is 12.6. The van der Waals surface area contributed by atoms with Gasteiger partial charge in [-0.25, -0.2) is 4.98 Å². The highest BCUT2D eigenvalue weighted by Crippen LogP contribution is 2.19. The first kappa shape index (κ1) is 15.8. The molecule has 2 heterocycles.